The molecule has 1 N–H and O–H groups in total. The molecule has 7 nitrogen and oxygen atoms in total. The van der Waals surface area contributed by atoms with Crippen molar-refractivity contribution >= 4 is 18.1 Å². The monoisotopic (exact) mass is 327 g/mol. The minimum Gasteiger partial charge on any atom is -0.545 e. The Hall–Kier alpha value is -3.35. The largest absolute Gasteiger partial charge is 0.545 e. The lowest BCUT2D eigenvalue weighted by Crippen LogP contribution is -2.27. The van der Waals surface area contributed by atoms with Gasteiger partial charge in [-0.15, -0.1) is 0 Å². The van der Waals surface area contributed by atoms with Gasteiger partial charge in [0.25, 0.3) is 5.91 Å². The molecule has 0 saturated carbocycles. The van der Waals surface area contributed by atoms with Crippen LogP contribution in [-0.4, -0.2) is 31.8 Å². The van der Waals surface area contributed by atoms with Gasteiger partial charge in [0.2, 0.25) is 0 Å². The normalized spacial score (nSPS) is 10.4. The molecule has 0 aliphatic carbocycles. The van der Waals surface area contributed by atoms with Crippen molar-refractivity contribution in [3.8, 4) is 11.5 Å². The van der Waals surface area contributed by atoms with Gasteiger partial charge < -0.3 is 19.4 Å². The molecule has 0 radical (unpaired) electrons. The zero-order chi connectivity index (χ0) is 17.4. The Bertz CT molecular complexity index is 741. The summed E-state index contributed by atoms with van der Waals surface area (Å²) in [6.07, 6.45) is 1.46. The van der Waals surface area contributed by atoms with Gasteiger partial charge in [0.15, 0.2) is 6.61 Å². The second kappa shape index (κ2) is 8.33. The van der Waals surface area contributed by atoms with Gasteiger partial charge in [-0.2, -0.15) is 5.10 Å². The summed E-state index contributed by atoms with van der Waals surface area (Å²) in [5, 5.41) is 14.7. The fourth-order valence-electron chi connectivity index (χ4n) is 1.81. The van der Waals surface area contributed by atoms with Crippen LogP contribution in [0.2, 0.25) is 0 Å². The van der Waals surface area contributed by atoms with Crippen LogP contribution in [0.15, 0.2) is 53.6 Å². The highest BCUT2D eigenvalue weighted by Gasteiger charge is 2.06. The van der Waals surface area contributed by atoms with E-state index in [1.807, 2.05) is 0 Å². The standard InChI is InChI=1S/C17H16N2O5/c1-23-13-8-6-12(7-9-13)10-18-19-16(20)11-24-15-5-3-2-4-14(15)17(21)22/h2-10H,11H2,1H3,(H,19,20)(H,21,22)/p-1/b18-10-. The van der Waals surface area contributed by atoms with E-state index >= 15 is 0 Å². The zero-order valence-corrected chi connectivity index (χ0v) is 12.9. The van der Waals surface area contributed by atoms with Crippen molar-refractivity contribution in [2.75, 3.05) is 13.7 Å². The number of rotatable bonds is 7. The fourth-order valence-corrected chi connectivity index (χ4v) is 1.81. The zero-order valence-electron chi connectivity index (χ0n) is 12.9. The van der Waals surface area contributed by atoms with E-state index in [1.165, 1.54) is 24.4 Å². The molecule has 0 unspecified atom stereocenters. The quantitative estimate of drug-likeness (QED) is 0.592. The molecule has 7 heteroatoms. The molecule has 124 valence electrons. The fraction of sp³-hybridized carbons (Fsp3) is 0.118. The van der Waals surface area contributed by atoms with Crippen LogP contribution in [0.1, 0.15) is 15.9 Å². The number of hydrogen-bond donors (Lipinski definition) is 1. The molecular formula is C17H15N2O5-. The third-order valence-electron chi connectivity index (χ3n) is 2.98. The van der Waals surface area contributed by atoms with Gasteiger partial charge in [-0.1, -0.05) is 12.1 Å². The number of hydrazone groups is 1. The summed E-state index contributed by atoms with van der Waals surface area (Å²) in [5.74, 6) is -1.11. The number of methoxy groups -OCH3 is 1. The van der Waals surface area contributed by atoms with Crippen molar-refractivity contribution in [2.24, 2.45) is 5.10 Å². The molecule has 0 aromatic heterocycles. The van der Waals surface area contributed by atoms with E-state index in [9.17, 15) is 14.7 Å². The van der Waals surface area contributed by atoms with Crippen molar-refractivity contribution in [3.05, 3.63) is 59.7 Å². The van der Waals surface area contributed by atoms with Crippen molar-refractivity contribution in [1.82, 2.24) is 5.43 Å². The first-order valence-corrected chi connectivity index (χ1v) is 6.99. The second-order valence-corrected chi connectivity index (χ2v) is 4.64. The van der Waals surface area contributed by atoms with Gasteiger partial charge in [-0.05, 0) is 42.0 Å². The second-order valence-electron chi connectivity index (χ2n) is 4.64. The van der Waals surface area contributed by atoms with Crippen molar-refractivity contribution in [1.29, 1.82) is 0 Å². The number of carbonyl (C=O) groups is 2. The molecule has 2 aromatic carbocycles. The Morgan fingerprint density at radius 2 is 1.88 bits per heavy atom. The van der Waals surface area contributed by atoms with Crippen LogP contribution in [0.4, 0.5) is 0 Å². The van der Waals surface area contributed by atoms with E-state index in [4.69, 9.17) is 9.47 Å². The summed E-state index contributed by atoms with van der Waals surface area (Å²) in [7, 11) is 1.57. The van der Waals surface area contributed by atoms with Gasteiger partial charge in [-0.25, -0.2) is 5.43 Å². The molecule has 1 amide bonds. The number of para-hydroxylation sites is 1. The van der Waals surface area contributed by atoms with E-state index < -0.39 is 11.9 Å². The third kappa shape index (κ3) is 4.84. The number of nitrogens with zero attached hydrogens (tertiary/aromatic N) is 1. The number of aromatic carboxylic acids is 1. The van der Waals surface area contributed by atoms with E-state index in [1.54, 1.807) is 37.4 Å². The maximum absolute atomic E-state index is 11.7. The average Bonchev–Trinajstić information content (AvgIpc) is 2.60. The predicted molar refractivity (Wildman–Crippen MR) is 85.0 cm³/mol. The molecule has 24 heavy (non-hydrogen) atoms. The lowest BCUT2D eigenvalue weighted by molar-refractivity contribution is -0.255. The first kappa shape index (κ1) is 17.0. The van der Waals surface area contributed by atoms with Gasteiger partial charge in [0.1, 0.15) is 11.5 Å². The molecule has 0 atom stereocenters. The molecule has 0 fully saturated rings. The molecule has 2 aromatic rings. The number of nitrogens with one attached hydrogen (secondary N) is 1. The minimum atomic E-state index is -1.37. The van der Waals surface area contributed by atoms with Crippen LogP contribution in [0.3, 0.4) is 0 Å². The Balaban J connectivity index is 1.85. The maximum Gasteiger partial charge on any atom is 0.277 e. The molecule has 0 bridgehead atoms. The summed E-state index contributed by atoms with van der Waals surface area (Å²) in [6, 6.07) is 13.0. The molecule has 0 aliphatic heterocycles. The van der Waals surface area contributed by atoms with Crippen LogP contribution in [-0.2, 0) is 4.79 Å². The number of carboxylic acid groups (broad SMARTS) is 1. The van der Waals surface area contributed by atoms with E-state index in [0.717, 1.165) is 11.3 Å². The van der Waals surface area contributed by atoms with Gasteiger partial charge >= 0.3 is 0 Å². The smallest absolute Gasteiger partial charge is 0.277 e. The Kier molecular flexibility index (Phi) is 5.90. The summed E-state index contributed by atoms with van der Waals surface area (Å²) < 4.78 is 10.2. The van der Waals surface area contributed by atoms with Crippen LogP contribution >= 0.6 is 0 Å². The van der Waals surface area contributed by atoms with Crippen LogP contribution in [0.5, 0.6) is 11.5 Å². The van der Waals surface area contributed by atoms with Crippen LogP contribution < -0.4 is 20.0 Å². The first-order chi connectivity index (χ1) is 11.6. The van der Waals surface area contributed by atoms with Crippen molar-refractivity contribution < 1.29 is 24.2 Å². The van der Waals surface area contributed by atoms with Crippen molar-refractivity contribution in [3.63, 3.8) is 0 Å². The Morgan fingerprint density at radius 3 is 2.54 bits per heavy atom. The van der Waals surface area contributed by atoms with Gasteiger partial charge in [0.05, 0.1) is 19.3 Å². The Morgan fingerprint density at radius 1 is 1.17 bits per heavy atom. The van der Waals surface area contributed by atoms with Crippen LogP contribution in [0, 0.1) is 0 Å². The maximum atomic E-state index is 11.7. The van der Waals surface area contributed by atoms with E-state index in [-0.39, 0.29) is 17.9 Å². The predicted octanol–water partition coefficient (Wildman–Crippen LogP) is 0.588. The number of amides is 1. The number of hydrogen-bond acceptors (Lipinski definition) is 6. The number of carboxylic acids is 1. The molecule has 0 saturated heterocycles. The number of benzene rings is 2. The topological polar surface area (TPSA) is 100 Å². The highest BCUT2D eigenvalue weighted by atomic mass is 16.5. The summed E-state index contributed by atoms with van der Waals surface area (Å²) >= 11 is 0. The summed E-state index contributed by atoms with van der Waals surface area (Å²) in [6.45, 7) is -0.371. The highest BCUT2D eigenvalue weighted by Crippen LogP contribution is 2.16. The third-order valence-corrected chi connectivity index (χ3v) is 2.98. The molecule has 0 aliphatic rings. The molecule has 2 rings (SSSR count). The summed E-state index contributed by atoms with van der Waals surface area (Å²) in [5.41, 5.74) is 2.95. The summed E-state index contributed by atoms with van der Waals surface area (Å²) in [4.78, 5) is 22.6. The molecular weight excluding hydrogens is 312 g/mol. The Labute approximate surface area is 138 Å². The van der Waals surface area contributed by atoms with E-state index in [2.05, 4.69) is 10.5 Å². The SMILES string of the molecule is COc1ccc(/C=N\NC(=O)COc2ccccc2C(=O)[O-])cc1. The lowest BCUT2D eigenvalue weighted by Gasteiger charge is -2.10. The van der Waals surface area contributed by atoms with Crippen molar-refractivity contribution in [2.45, 2.75) is 0 Å². The highest BCUT2D eigenvalue weighted by molar-refractivity contribution is 5.89. The molecule has 0 spiro atoms. The lowest BCUT2D eigenvalue weighted by atomic mass is 10.2. The van der Waals surface area contributed by atoms with Crippen LogP contribution in [0.25, 0.3) is 0 Å². The molecule has 0 heterocycles. The van der Waals surface area contributed by atoms with Gasteiger partial charge in [-0.3, -0.25) is 4.79 Å². The van der Waals surface area contributed by atoms with Gasteiger partial charge in [0, 0.05) is 5.56 Å². The minimum absolute atomic E-state index is 0.0618. The van der Waals surface area contributed by atoms with E-state index in [0.29, 0.717) is 0 Å². The average molecular weight is 327 g/mol. The first-order valence-electron chi connectivity index (χ1n) is 6.99. The number of ether oxygens (including phenoxy) is 2. The number of carbonyl (C=O) groups excluding carboxylic acids is 2.